The van der Waals surface area contributed by atoms with Crippen molar-refractivity contribution in [3.63, 3.8) is 0 Å². The molecule has 0 aliphatic rings. The summed E-state index contributed by atoms with van der Waals surface area (Å²) in [6, 6.07) is 0. The summed E-state index contributed by atoms with van der Waals surface area (Å²) in [6.45, 7) is 3.86. The highest BCUT2D eigenvalue weighted by Crippen LogP contribution is 2.01. The van der Waals surface area contributed by atoms with Crippen molar-refractivity contribution in [2.75, 3.05) is 11.5 Å². The molecule has 0 aromatic heterocycles. The maximum Gasteiger partial charge on any atom is 0.143 e. The van der Waals surface area contributed by atoms with Gasteiger partial charge in [-0.3, -0.25) is 4.79 Å². The number of hydrogen-bond acceptors (Lipinski definition) is 2. The van der Waals surface area contributed by atoms with Crippen molar-refractivity contribution in [2.45, 2.75) is 26.7 Å². The number of Topliss-reactive ketones (excluding diaryl/α,β-unsaturated/α-hetero) is 1. The Morgan fingerprint density at radius 1 is 1.55 bits per heavy atom. The molecule has 11 heavy (non-hydrogen) atoms. The van der Waals surface area contributed by atoms with Crippen molar-refractivity contribution in [2.24, 2.45) is 0 Å². The standard InChI is InChI=1S/C9H14OS/c1-3-5-6-7-9(10)8-11-4-2/h4,6-8H2,1-2H3. The molecule has 0 amide bonds. The van der Waals surface area contributed by atoms with Gasteiger partial charge in [-0.05, 0) is 12.7 Å². The second kappa shape index (κ2) is 7.68. The van der Waals surface area contributed by atoms with Gasteiger partial charge < -0.3 is 0 Å². The van der Waals surface area contributed by atoms with E-state index < -0.39 is 0 Å². The average Bonchev–Trinajstić information content (AvgIpc) is 2.01. The van der Waals surface area contributed by atoms with E-state index >= 15 is 0 Å². The monoisotopic (exact) mass is 170 g/mol. The van der Waals surface area contributed by atoms with Gasteiger partial charge in [0.1, 0.15) is 5.78 Å². The summed E-state index contributed by atoms with van der Waals surface area (Å²) in [6.07, 6.45) is 1.34. The SMILES string of the molecule is CC#CCCC(=O)CSCC. The molecule has 0 heterocycles. The van der Waals surface area contributed by atoms with Crippen LogP contribution in [0.1, 0.15) is 26.7 Å². The van der Waals surface area contributed by atoms with Crippen LogP contribution in [0.25, 0.3) is 0 Å². The second-order valence-corrected chi connectivity index (χ2v) is 3.38. The number of carbonyl (C=O) groups excluding carboxylic acids is 1. The first-order valence-electron chi connectivity index (χ1n) is 3.80. The Hall–Kier alpha value is -0.420. The predicted octanol–water partition coefficient (Wildman–Crippen LogP) is 2.11. The van der Waals surface area contributed by atoms with Gasteiger partial charge in [0, 0.05) is 12.8 Å². The molecule has 0 saturated heterocycles. The van der Waals surface area contributed by atoms with Gasteiger partial charge in [0.15, 0.2) is 0 Å². The van der Waals surface area contributed by atoms with Crippen molar-refractivity contribution in [3.8, 4) is 11.8 Å². The van der Waals surface area contributed by atoms with Gasteiger partial charge in [-0.25, -0.2) is 0 Å². The summed E-state index contributed by atoms with van der Waals surface area (Å²) >= 11 is 1.68. The Morgan fingerprint density at radius 3 is 2.82 bits per heavy atom. The number of ketones is 1. The van der Waals surface area contributed by atoms with Gasteiger partial charge in [-0.15, -0.1) is 11.8 Å². The van der Waals surface area contributed by atoms with E-state index in [1.54, 1.807) is 18.7 Å². The zero-order valence-electron chi connectivity index (χ0n) is 7.14. The van der Waals surface area contributed by atoms with Crippen LogP contribution in [-0.4, -0.2) is 17.3 Å². The summed E-state index contributed by atoms with van der Waals surface area (Å²) in [5.74, 6) is 7.64. The van der Waals surface area contributed by atoms with E-state index in [0.29, 0.717) is 18.0 Å². The Bertz CT molecular complexity index is 164. The van der Waals surface area contributed by atoms with Crippen LogP contribution >= 0.6 is 11.8 Å². The number of rotatable bonds is 5. The lowest BCUT2D eigenvalue weighted by Gasteiger charge is -1.94. The average molecular weight is 170 g/mol. The second-order valence-electron chi connectivity index (χ2n) is 2.10. The fraction of sp³-hybridized carbons (Fsp3) is 0.667. The minimum atomic E-state index is 0.319. The largest absolute Gasteiger partial charge is 0.299 e. The van der Waals surface area contributed by atoms with Crippen molar-refractivity contribution in [3.05, 3.63) is 0 Å². The highest BCUT2D eigenvalue weighted by molar-refractivity contribution is 7.99. The first-order chi connectivity index (χ1) is 5.31. The van der Waals surface area contributed by atoms with Crippen molar-refractivity contribution in [1.29, 1.82) is 0 Å². The molecule has 0 spiro atoms. The Balaban J connectivity index is 3.27. The van der Waals surface area contributed by atoms with Crippen molar-refractivity contribution >= 4 is 17.5 Å². The lowest BCUT2D eigenvalue weighted by Crippen LogP contribution is -2.00. The van der Waals surface area contributed by atoms with Crippen LogP contribution < -0.4 is 0 Å². The molecule has 0 atom stereocenters. The van der Waals surface area contributed by atoms with E-state index in [0.717, 1.165) is 12.2 Å². The van der Waals surface area contributed by atoms with Crippen LogP contribution in [0, 0.1) is 11.8 Å². The molecule has 0 fully saturated rings. The number of carbonyl (C=O) groups is 1. The van der Waals surface area contributed by atoms with Gasteiger partial charge >= 0.3 is 0 Å². The third kappa shape index (κ3) is 7.48. The molecule has 0 aliphatic carbocycles. The molecule has 0 aromatic rings. The normalized spacial score (nSPS) is 8.55. The minimum Gasteiger partial charge on any atom is -0.299 e. The molecule has 62 valence electrons. The van der Waals surface area contributed by atoms with E-state index in [1.807, 2.05) is 0 Å². The third-order valence-corrected chi connectivity index (χ3v) is 2.11. The summed E-state index contributed by atoms with van der Waals surface area (Å²) in [5.41, 5.74) is 0. The van der Waals surface area contributed by atoms with Gasteiger partial charge in [0.2, 0.25) is 0 Å². The van der Waals surface area contributed by atoms with Crippen LogP contribution in [0.3, 0.4) is 0 Å². The molecule has 0 rings (SSSR count). The smallest absolute Gasteiger partial charge is 0.143 e. The van der Waals surface area contributed by atoms with E-state index in [-0.39, 0.29) is 0 Å². The molecule has 0 N–H and O–H groups in total. The van der Waals surface area contributed by atoms with Gasteiger partial charge in [0.25, 0.3) is 0 Å². The van der Waals surface area contributed by atoms with Crippen molar-refractivity contribution in [1.82, 2.24) is 0 Å². The number of thioether (sulfide) groups is 1. The van der Waals surface area contributed by atoms with Gasteiger partial charge in [-0.1, -0.05) is 6.92 Å². The molecule has 1 nitrogen and oxygen atoms in total. The first kappa shape index (κ1) is 10.6. The summed E-state index contributed by atoms with van der Waals surface area (Å²) in [4.78, 5) is 11.0. The van der Waals surface area contributed by atoms with E-state index in [4.69, 9.17) is 0 Å². The zero-order chi connectivity index (χ0) is 8.53. The summed E-state index contributed by atoms with van der Waals surface area (Å²) in [5, 5.41) is 0. The quantitative estimate of drug-likeness (QED) is 0.588. The lowest BCUT2D eigenvalue weighted by molar-refractivity contribution is -0.116. The topological polar surface area (TPSA) is 17.1 Å². The Kier molecular flexibility index (Phi) is 7.39. The Labute approximate surface area is 72.9 Å². The molecule has 2 heteroatoms. The fourth-order valence-electron chi connectivity index (χ4n) is 0.615. The van der Waals surface area contributed by atoms with Crippen LogP contribution in [0.4, 0.5) is 0 Å². The fourth-order valence-corrected chi connectivity index (χ4v) is 1.19. The molecule has 0 unspecified atom stereocenters. The van der Waals surface area contributed by atoms with Crippen molar-refractivity contribution < 1.29 is 4.79 Å². The maximum atomic E-state index is 11.0. The molecular formula is C9H14OS. The van der Waals surface area contributed by atoms with E-state index in [1.165, 1.54) is 0 Å². The van der Waals surface area contributed by atoms with Crippen LogP contribution in [0.5, 0.6) is 0 Å². The molecule has 0 aliphatic heterocycles. The predicted molar refractivity (Wildman–Crippen MR) is 50.7 cm³/mol. The molecule has 0 radical (unpaired) electrons. The first-order valence-corrected chi connectivity index (χ1v) is 4.95. The number of hydrogen-bond donors (Lipinski definition) is 0. The summed E-state index contributed by atoms with van der Waals surface area (Å²) in [7, 11) is 0. The minimum absolute atomic E-state index is 0.319. The van der Waals surface area contributed by atoms with Crippen LogP contribution in [0.2, 0.25) is 0 Å². The third-order valence-electron chi connectivity index (χ3n) is 1.17. The van der Waals surface area contributed by atoms with Gasteiger partial charge in [-0.2, -0.15) is 11.8 Å². The van der Waals surface area contributed by atoms with E-state index in [2.05, 4.69) is 18.8 Å². The van der Waals surface area contributed by atoms with E-state index in [9.17, 15) is 4.79 Å². The maximum absolute atomic E-state index is 11.0. The highest BCUT2D eigenvalue weighted by atomic mass is 32.2. The molecule has 0 saturated carbocycles. The highest BCUT2D eigenvalue weighted by Gasteiger charge is 1.98. The molecule has 0 aromatic carbocycles. The Morgan fingerprint density at radius 2 is 2.27 bits per heavy atom. The van der Waals surface area contributed by atoms with Crippen LogP contribution in [0.15, 0.2) is 0 Å². The molecule has 0 bridgehead atoms. The van der Waals surface area contributed by atoms with Gasteiger partial charge in [0.05, 0.1) is 5.75 Å². The lowest BCUT2D eigenvalue weighted by atomic mass is 10.2. The summed E-state index contributed by atoms with van der Waals surface area (Å²) < 4.78 is 0. The zero-order valence-corrected chi connectivity index (χ0v) is 7.96. The molecular weight excluding hydrogens is 156 g/mol. The van der Waals surface area contributed by atoms with Crippen LogP contribution in [-0.2, 0) is 4.79 Å².